The molecule has 86 valence electrons. The minimum absolute atomic E-state index is 0.167. The SMILES string of the molecule is COc1cc(Cl)cc2c1OCC(C(=O)O)C2. The summed E-state index contributed by atoms with van der Waals surface area (Å²) >= 11 is 5.90. The van der Waals surface area contributed by atoms with E-state index in [0.29, 0.717) is 22.9 Å². The number of halogens is 1. The first-order valence-electron chi connectivity index (χ1n) is 4.84. The summed E-state index contributed by atoms with van der Waals surface area (Å²) in [6, 6.07) is 3.37. The topological polar surface area (TPSA) is 55.8 Å². The molecule has 1 N–H and O–H groups in total. The second-order valence-corrected chi connectivity index (χ2v) is 4.08. The normalized spacial score (nSPS) is 18.5. The molecule has 0 bridgehead atoms. The van der Waals surface area contributed by atoms with E-state index in [9.17, 15) is 4.79 Å². The van der Waals surface area contributed by atoms with Gasteiger partial charge in [-0.1, -0.05) is 11.6 Å². The van der Waals surface area contributed by atoms with Gasteiger partial charge in [0, 0.05) is 16.7 Å². The summed E-state index contributed by atoms with van der Waals surface area (Å²) in [6.45, 7) is 0.167. The number of benzene rings is 1. The molecule has 0 radical (unpaired) electrons. The van der Waals surface area contributed by atoms with E-state index in [-0.39, 0.29) is 6.61 Å². The number of fused-ring (bicyclic) bond motifs is 1. The fraction of sp³-hybridized carbons (Fsp3) is 0.364. The van der Waals surface area contributed by atoms with Crippen molar-refractivity contribution < 1.29 is 19.4 Å². The monoisotopic (exact) mass is 242 g/mol. The van der Waals surface area contributed by atoms with E-state index in [0.717, 1.165) is 5.56 Å². The van der Waals surface area contributed by atoms with Gasteiger partial charge in [0.1, 0.15) is 6.61 Å². The van der Waals surface area contributed by atoms with Gasteiger partial charge in [-0.05, 0) is 12.5 Å². The van der Waals surface area contributed by atoms with E-state index in [1.54, 1.807) is 12.1 Å². The van der Waals surface area contributed by atoms with E-state index in [2.05, 4.69) is 0 Å². The number of hydrogen-bond donors (Lipinski definition) is 1. The highest BCUT2D eigenvalue weighted by atomic mass is 35.5. The first-order chi connectivity index (χ1) is 7.61. The molecular weight excluding hydrogens is 232 g/mol. The molecule has 0 saturated heterocycles. The van der Waals surface area contributed by atoms with Crippen molar-refractivity contribution >= 4 is 17.6 Å². The van der Waals surface area contributed by atoms with Gasteiger partial charge in [0.05, 0.1) is 13.0 Å². The van der Waals surface area contributed by atoms with Crippen molar-refractivity contribution in [1.29, 1.82) is 0 Å². The number of rotatable bonds is 2. The zero-order valence-electron chi connectivity index (χ0n) is 8.70. The molecule has 1 aromatic rings. The lowest BCUT2D eigenvalue weighted by Gasteiger charge is -2.24. The number of carbonyl (C=O) groups is 1. The van der Waals surface area contributed by atoms with E-state index < -0.39 is 11.9 Å². The van der Waals surface area contributed by atoms with Crippen LogP contribution in [-0.2, 0) is 11.2 Å². The number of methoxy groups -OCH3 is 1. The lowest BCUT2D eigenvalue weighted by Crippen LogP contribution is -2.28. The third-order valence-electron chi connectivity index (χ3n) is 2.56. The third kappa shape index (κ3) is 1.93. The molecule has 0 fully saturated rings. The fourth-order valence-corrected chi connectivity index (χ4v) is 1.99. The molecular formula is C11H11ClO4. The summed E-state index contributed by atoms with van der Waals surface area (Å²) < 4.78 is 10.5. The van der Waals surface area contributed by atoms with Crippen molar-refractivity contribution in [2.24, 2.45) is 5.92 Å². The summed E-state index contributed by atoms with van der Waals surface area (Å²) in [4.78, 5) is 10.9. The zero-order valence-corrected chi connectivity index (χ0v) is 9.45. The second-order valence-electron chi connectivity index (χ2n) is 3.65. The van der Waals surface area contributed by atoms with Crippen LogP contribution in [0.2, 0.25) is 5.02 Å². The Morgan fingerprint density at radius 2 is 2.38 bits per heavy atom. The Morgan fingerprint density at radius 3 is 3.00 bits per heavy atom. The summed E-state index contributed by atoms with van der Waals surface area (Å²) in [7, 11) is 1.53. The van der Waals surface area contributed by atoms with Gasteiger partial charge in [0.15, 0.2) is 11.5 Å². The predicted octanol–water partition coefficient (Wildman–Crippen LogP) is 1.98. The van der Waals surface area contributed by atoms with Crippen molar-refractivity contribution in [2.45, 2.75) is 6.42 Å². The van der Waals surface area contributed by atoms with Crippen LogP contribution < -0.4 is 9.47 Å². The highest BCUT2D eigenvalue weighted by molar-refractivity contribution is 6.30. The van der Waals surface area contributed by atoms with Gasteiger partial charge in [-0.25, -0.2) is 0 Å². The average molecular weight is 243 g/mol. The molecule has 1 heterocycles. The summed E-state index contributed by atoms with van der Waals surface area (Å²) in [5, 5.41) is 9.43. The largest absolute Gasteiger partial charge is 0.493 e. The Balaban J connectivity index is 2.38. The van der Waals surface area contributed by atoms with E-state index in [1.165, 1.54) is 7.11 Å². The second kappa shape index (κ2) is 4.22. The van der Waals surface area contributed by atoms with Gasteiger partial charge in [-0.15, -0.1) is 0 Å². The number of carboxylic acids is 1. The Kier molecular flexibility index (Phi) is 2.92. The number of hydrogen-bond acceptors (Lipinski definition) is 3. The molecule has 0 amide bonds. The Morgan fingerprint density at radius 1 is 1.62 bits per heavy atom. The Labute approximate surface area is 97.7 Å². The molecule has 0 aromatic heterocycles. The minimum Gasteiger partial charge on any atom is -0.493 e. The van der Waals surface area contributed by atoms with Gasteiger partial charge in [-0.3, -0.25) is 4.79 Å². The van der Waals surface area contributed by atoms with Gasteiger partial charge in [0.25, 0.3) is 0 Å². The molecule has 1 aliphatic heterocycles. The first kappa shape index (κ1) is 11.1. The van der Waals surface area contributed by atoms with Crippen LogP contribution in [0.15, 0.2) is 12.1 Å². The lowest BCUT2D eigenvalue weighted by molar-refractivity contribution is -0.143. The molecule has 2 rings (SSSR count). The van der Waals surface area contributed by atoms with Crippen LogP contribution in [0.3, 0.4) is 0 Å². The van der Waals surface area contributed by atoms with Crippen molar-refractivity contribution in [3.63, 3.8) is 0 Å². The van der Waals surface area contributed by atoms with Crippen molar-refractivity contribution in [1.82, 2.24) is 0 Å². The number of aliphatic carboxylic acids is 1. The van der Waals surface area contributed by atoms with Crippen LogP contribution in [0, 0.1) is 5.92 Å². The fourth-order valence-electron chi connectivity index (χ4n) is 1.76. The molecule has 0 aliphatic carbocycles. The van der Waals surface area contributed by atoms with E-state index in [1.807, 2.05) is 0 Å². The molecule has 5 heteroatoms. The van der Waals surface area contributed by atoms with Crippen LogP contribution in [0.5, 0.6) is 11.5 Å². The standard InChI is InChI=1S/C11H11ClO4/c1-15-9-4-8(12)3-6-2-7(11(13)14)5-16-10(6)9/h3-4,7H,2,5H2,1H3,(H,13,14). The summed E-state index contributed by atoms with van der Waals surface area (Å²) in [5.74, 6) is -0.226. The zero-order chi connectivity index (χ0) is 11.7. The van der Waals surface area contributed by atoms with Gasteiger partial charge >= 0.3 is 5.97 Å². The van der Waals surface area contributed by atoms with Gasteiger partial charge < -0.3 is 14.6 Å². The first-order valence-corrected chi connectivity index (χ1v) is 5.21. The summed E-state index contributed by atoms with van der Waals surface area (Å²) in [5.41, 5.74) is 0.781. The van der Waals surface area contributed by atoms with Crippen molar-refractivity contribution in [2.75, 3.05) is 13.7 Å². The van der Waals surface area contributed by atoms with E-state index in [4.69, 9.17) is 26.2 Å². The maximum absolute atomic E-state index is 10.9. The highest BCUT2D eigenvalue weighted by Gasteiger charge is 2.27. The minimum atomic E-state index is -0.857. The van der Waals surface area contributed by atoms with Crippen LogP contribution in [-0.4, -0.2) is 24.8 Å². The molecule has 1 aliphatic rings. The number of ether oxygens (including phenoxy) is 2. The summed E-state index contributed by atoms with van der Waals surface area (Å²) in [6.07, 6.45) is 0.418. The van der Waals surface area contributed by atoms with Crippen LogP contribution >= 0.6 is 11.6 Å². The smallest absolute Gasteiger partial charge is 0.310 e. The Hall–Kier alpha value is -1.42. The van der Waals surface area contributed by atoms with Gasteiger partial charge in [0.2, 0.25) is 0 Å². The number of carboxylic acid groups (broad SMARTS) is 1. The molecule has 0 saturated carbocycles. The highest BCUT2D eigenvalue weighted by Crippen LogP contribution is 2.38. The lowest BCUT2D eigenvalue weighted by atomic mass is 9.96. The van der Waals surface area contributed by atoms with Crippen molar-refractivity contribution in [3.05, 3.63) is 22.7 Å². The van der Waals surface area contributed by atoms with E-state index >= 15 is 0 Å². The molecule has 4 nitrogen and oxygen atoms in total. The van der Waals surface area contributed by atoms with Crippen LogP contribution in [0.1, 0.15) is 5.56 Å². The maximum Gasteiger partial charge on any atom is 0.310 e. The van der Waals surface area contributed by atoms with Gasteiger partial charge in [-0.2, -0.15) is 0 Å². The molecule has 16 heavy (non-hydrogen) atoms. The molecule has 1 atom stereocenters. The third-order valence-corrected chi connectivity index (χ3v) is 2.78. The van der Waals surface area contributed by atoms with Crippen LogP contribution in [0.4, 0.5) is 0 Å². The Bertz CT molecular complexity index is 430. The van der Waals surface area contributed by atoms with Crippen LogP contribution in [0.25, 0.3) is 0 Å². The average Bonchev–Trinajstić information content (AvgIpc) is 2.26. The van der Waals surface area contributed by atoms with Crippen molar-refractivity contribution in [3.8, 4) is 11.5 Å². The predicted molar refractivity (Wildman–Crippen MR) is 58.3 cm³/mol. The molecule has 0 spiro atoms. The quantitative estimate of drug-likeness (QED) is 0.862. The molecule has 1 unspecified atom stereocenters. The maximum atomic E-state index is 10.9. The molecule has 1 aromatic carbocycles.